The summed E-state index contributed by atoms with van der Waals surface area (Å²) in [6.45, 7) is 18.6. The lowest BCUT2D eigenvalue weighted by Crippen LogP contribution is -2.70. The Morgan fingerprint density at radius 3 is 1.62 bits per heavy atom. The van der Waals surface area contributed by atoms with Crippen LogP contribution in [-0.2, 0) is 4.43 Å². The van der Waals surface area contributed by atoms with Crippen LogP contribution in [0.3, 0.4) is 0 Å². The van der Waals surface area contributed by atoms with Gasteiger partial charge in [-0.1, -0.05) is 26.2 Å². The van der Waals surface area contributed by atoms with Crippen LogP contribution in [-0.4, -0.2) is 29.6 Å². The van der Waals surface area contributed by atoms with E-state index < -0.39 is 22.5 Å². The number of hydrogen-bond donors (Lipinski definition) is 0. The predicted octanol–water partition coefficient (Wildman–Crippen LogP) is 3.14. The molecule has 0 spiro atoms. The molecule has 0 atom stereocenters. The van der Waals surface area contributed by atoms with Gasteiger partial charge in [0.2, 0.25) is 0 Å². The molecular weight excluding hydrogens is 208 g/mol. The van der Waals surface area contributed by atoms with Crippen LogP contribution < -0.4 is 0 Å². The fourth-order valence-corrected chi connectivity index (χ4v) is 27.4. The molecule has 0 aromatic rings. The molecule has 0 bridgehead atoms. The van der Waals surface area contributed by atoms with Gasteiger partial charge in [0.25, 0.3) is 0 Å². The zero-order valence-corrected chi connectivity index (χ0v) is 13.2. The molecule has 0 amide bonds. The summed E-state index contributed by atoms with van der Waals surface area (Å²) >= 11 is 0. The van der Waals surface area contributed by atoms with Crippen molar-refractivity contribution in [1.82, 2.24) is 0 Å². The van der Waals surface area contributed by atoms with Crippen LogP contribution in [0.4, 0.5) is 0 Å². The van der Waals surface area contributed by atoms with Crippen LogP contribution in [0.15, 0.2) is 12.3 Å². The van der Waals surface area contributed by atoms with Crippen LogP contribution in [0.5, 0.6) is 0 Å². The van der Waals surface area contributed by atoms with Crippen molar-refractivity contribution in [1.29, 1.82) is 0 Å². The van der Waals surface area contributed by atoms with Gasteiger partial charge in [0.15, 0.2) is 7.83 Å². The molecule has 0 aromatic carbocycles. The van der Waals surface area contributed by atoms with Crippen molar-refractivity contribution in [3.8, 4) is 0 Å². The van der Waals surface area contributed by atoms with Crippen molar-refractivity contribution in [2.24, 2.45) is 0 Å². The van der Waals surface area contributed by atoms with Gasteiger partial charge in [0, 0.05) is 7.11 Å². The summed E-state index contributed by atoms with van der Waals surface area (Å²) < 4.78 is 5.78. The Labute approximate surface area is 85.9 Å². The second-order valence-corrected chi connectivity index (χ2v) is 32.3. The normalized spacial score (nSPS) is 14.4. The molecule has 0 aliphatic heterocycles. The first-order valence-electron chi connectivity index (χ1n) is 4.81. The first kappa shape index (κ1) is 13.4. The van der Waals surface area contributed by atoms with Crippen molar-refractivity contribution in [2.75, 3.05) is 7.11 Å². The van der Waals surface area contributed by atoms with Crippen molar-refractivity contribution in [2.45, 2.75) is 39.3 Å². The van der Waals surface area contributed by atoms with E-state index in [4.69, 9.17) is 4.43 Å². The summed E-state index contributed by atoms with van der Waals surface area (Å²) in [7, 11) is -1.99. The monoisotopic (exact) mass is 232 g/mol. The molecule has 13 heavy (non-hydrogen) atoms. The minimum Gasteiger partial charge on any atom is -0.423 e. The summed E-state index contributed by atoms with van der Waals surface area (Å²) in [6.07, 6.45) is 0. The molecule has 0 rings (SSSR count). The highest BCUT2D eigenvalue weighted by atomic mass is 29.6. The van der Waals surface area contributed by atoms with Gasteiger partial charge in [0.05, 0.1) is 14.7 Å². The molecule has 78 valence electrons. The van der Waals surface area contributed by atoms with Crippen LogP contribution >= 0.6 is 0 Å². The van der Waals surface area contributed by atoms with E-state index in [1.807, 2.05) is 7.11 Å². The molecule has 0 saturated heterocycles. The zero-order chi connectivity index (χ0) is 10.9. The molecule has 4 heteroatoms. The second-order valence-electron chi connectivity index (χ2n) is 5.27. The van der Waals surface area contributed by atoms with E-state index in [-0.39, 0.29) is 0 Å². The molecule has 0 unspecified atom stereocenters. The minimum atomic E-state index is -1.43. The largest absolute Gasteiger partial charge is 0.423 e. The Hall–Kier alpha value is 0.351. The summed E-state index contributed by atoms with van der Waals surface area (Å²) in [5.41, 5.74) is 2.24. The average molecular weight is 233 g/mol. The van der Waals surface area contributed by atoms with E-state index in [2.05, 4.69) is 51.6 Å². The first-order valence-corrected chi connectivity index (χ1v) is 15.8. The maximum absolute atomic E-state index is 5.78. The van der Waals surface area contributed by atoms with Crippen LogP contribution in [0, 0.1) is 0 Å². The molecular formula is C9H24OSi3. The lowest BCUT2D eigenvalue weighted by atomic mass is 11.3. The van der Waals surface area contributed by atoms with Gasteiger partial charge in [-0.2, -0.15) is 0 Å². The standard InChI is InChI=1S/C9H24OSi3/c1-9-11(3,4)13(7,8)12(5,6)10-2/h9H,1H2,2-8H3. The Morgan fingerprint density at radius 1 is 1.00 bits per heavy atom. The molecule has 0 heterocycles. The SMILES string of the molecule is C=C[Si](C)(C)[Si](C)(C)[Si](C)(C)OC. The fraction of sp³-hybridized carbons (Fsp3) is 0.778. The highest BCUT2D eigenvalue weighted by Gasteiger charge is 2.51. The van der Waals surface area contributed by atoms with Gasteiger partial charge >= 0.3 is 0 Å². The number of hydrogen-bond acceptors (Lipinski definition) is 1. The van der Waals surface area contributed by atoms with Crippen molar-refractivity contribution in [3.63, 3.8) is 0 Å². The molecule has 0 aliphatic rings. The quantitative estimate of drug-likeness (QED) is 0.677. The predicted molar refractivity (Wildman–Crippen MR) is 69.7 cm³/mol. The first-order chi connectivity index (χ1) is 5.62. The van der Waals surface area contributed by atoms with E-state index in [0.717, 1.165) is 0 Å². The van der Waals surface area contributed by atoms with Gasteiger partial charge in [-0.25, -0.2) is 0 Å². The maximum atomic E-state index is 5.78. The van der Waals surface area contributed by atoms with E-state index in [1.165, 1.54) is 0 Å². The van der Waals surface area contributed by atoms with Gasteiger partial charge in [-0.3, -0.25) is 0 Å². The van der Waals surface area contributed by atoms with Crippen LogP contribution in [0.25, 0.3) is 0 Å². The molecule has 1 nitrogen and oxygen atoms in total. The topological polar surface area (TPSA) is 9.23 Å². The molecule has 0 N–H and O–H groups in total. The second kappa shape index (κ2) is 3.84. The van der Waals surface area contributed by atoms with E-state index >= 15 is 0 Å². The van der Waals surface area contributed by atoms with Crippen molar-refractivity contribution in [3.05, 3.63) is 12.3 Å². The van der Waals surface area contributed by atoms with Gasteiger partial charge in [0.1, 0.15) is 0 Å². The highest BCUT2D eigenvalue weighted by Crippen LogP contribution is 2.29. The lowest BCUT2D eigenvalue weighted by Gasteiger charge is -2.45. The highest BCUT2D eigenvalue weighted by molar-refractivity contribution is 7.68. The summed E-state index contributed by atoms with van der Waals surface area (Å²) in [6, 6.07) is 0. The summed E-state index contributed by atoms with van der Waals surface area (Å²) in [5.74, 6) is 0. The smallest absolute Gasteiger partial charge is 0.171 e. The Kier molecular flexibility index (Phi) is 3.95. The third-order valence-electron chi connectivity index (χ3n) is 4.14. The maximum Gasteiger partial charge on any atom is 0.171 e. The zero-order valence-electron chi connectivity index (χ0n) is 10.2. The minimum absolute atomic E-state index is 1.22. The van der Waals surface area contributed by atoms with Gasteiger partial charge in [-0.15, -0.1) is 12.3 Å². The Bertz CT molecular complexity index is 197. The molecule has 0 aliphatic carbocycles. The summed E-state index contributed by atoms with van der Waals surface area (Å²) in [5, 5.41) is 0. The van der Waals surface area contributed by atoms with E-state index in [1.54, 1.807) is 0 Å². The summed E-state index contributed by atoms with van der Waals surface area (Å²) in [4.78, 5) is 0. The van der Waals surface area contributed by atoms with E-state index in [9.17, 15) is 0 Å². The van der Waals surface area contributed by atoms with Gasteiger partial charge < -0.3 is 4.43 Å². The van der Waals surface area contributed by atoms with E-state index in [0.29, 0.717) is 0 Å². The Morgan fingerprint density at radius 2 is 1.38 bits per heavy atom. The molecule has 0 fully saturated rings. The molecule has 0 radical (unpaired) electrons. The molecule has 0 saturated carbocycles. The third kappa shape index (κ3) is 2.23. The van der Waals surface area contributed by atoms with Crippen molar-refractivity contribution < 1.29 is 4.43 Å². The third-order valence-corrected chi connectivity index (χ3v) is 43.5. The van der Waals surface area contributed by atoms with Crippen LogP contribution in [0.1, 0.15) is 0 Å². The lowest BCUT2D eigenvalue weighted by molar-refractivity contribution is 0.420. The fourth-order valence-electron chi connectivity index (χ4n) is 1.29. The Balaban J connectivity index is 5.06. The number of rotatable bonds is 4. The average Bonchev–Trinajstić information content (AvgIpc) is 2.03. The van der Waals surface area contributed by atoms with Crippen molar-refractivity contribution >= 4 is 22.5 Å². The van der Waals surface area contributed by atoms with Crippen LogP contribution in [0.2, 0.25) is 39.3 Å². The van der Waals surface area contributed by atoms with Gasteiger partial charge in [-0.05, 0) is 13.1 Å². The molecule has 0 aromatic heterocycles.